The lowest BCUT2D eigenvalue weighted by molar-refractivity contribution is 0.571. The molecule has 0 fully saturated rings. The summed E-state index contributed by atoms with van der Waals surface area (Å²) in [5, 5.41) is 2.72. The molecule has 2 aromatic rings. The Morgan fingerprint density at radius 2 is 1.36 bits per heavy atom. The first-order valence-electron chi connectivity index (χ1n) is 7.74. The zero-order valence-corrected chi connectivity index (χ0v) is 14.8. The van der Waals surface area contributed by atoms with Gasteiger partial charge in [-0.1, -0.05) is 66.7 Å². The van der Waals surface area contributed by atoms with E-state index in [0.29, 0.717) is 0 Å². The van der Waals surface area contributed by atoms with Crippen LogP contribution >= 0.6 is 0 Å². The third-order valence-electron chi connectivity index (χ3n) is 3.63. The molecular formula is C21H24Si. The molecule has 0 aliphatic heterocycles. The van der Waals surface area contributed by atoms with Crippen LogP contribution in [0.2, 0.25) is 6.04 Å². The standard InChI is InChI=1S/C21H24Si/c1-5-17-22(18-16-21(2,3)4,19-12-8-6-9-13-19)20-14-10-7-11-15-20/h5-15H,1,17H2,2-4H3. The molecule has 2 aromatic carbocycles. The maximum absolute atomic E-state index is 4.01. The first-order chi connectivity index (χ1) is 10.5. The van der Waals surface area contributed by atoms with Crippen LogP contribution in [0.4, 0.5) is 0 Å². The number of rotatable bonds is 4. The molecule has 0 spiro atoms. The van der Waals surface area contributed by atoms with Gasteiger partial charge in [-0.2, -0.15) is 0 Å². The van der Waals surface area contributed by atoms with Gasteiger partial charge in [-0.25, -0.2) is 0 Å². The summed E-state index contributed by atoms with van der Waals surface area (Å²) in [4.78, 5) is 0. The Hall–Kier alpha value is -2.04. The van der Waals surface area contributed by atoms with E-state index in [1.807, 2.05) is 6.08 Å². The zero-order valence-electron chi connectivity index (χ0n) is 13.8. The molecular weight excluding hydrogens is 280 g/mol. The summed E-state index contributed by atoms with van der Waals surface area (Å²) in [6, 6.07) is 22.4. The quantitative estimate of drug-likeness (QED) is 0.454. The van der Waals surface area contributed by atoms with E-state index in [1.54, 1.807) is 0 Å². The van der Waals surface area contributed by atoms with Crippen molar-refractivity contribution in [2.24, 2.45) is 5.41 Å². The highest BCUT2D eigenvalue weighted by Crippen LogP contribution is 2.15. The summed E-state index contributed by atoms with van der Waals surface area (Å²) in [5.74, 6) is 3.51. The minimum atomic E-state index is -2.14. The zero-order chi connectivity index (χ0) is 16.1. The summed E-state index contributed by atoms with van der Waals surface area (Å²) in [6.45, 7) is 10.5. The molecule has 0 amide bonds. The molecule has 0 nitrogen and oxygen atoms in total. The van der Waals surface area contributed by atoms with Crippen LogP contribution in [0.3, 0.4) is 0 Å². The largest absolute Gasteiger partial charge is 0.202 e. The van der Waals surface area contributed by atoms with Crippen molar-refractivity contribution in [3.63, 3.8) is 0 Å². The summed E-state index contributed by atoms with van der Waals surface area (Å²) >= 11 is 0. The molecule has 0 atom stereocenters. The second kappa shape index (κ2) is 6.81. The Morgan fingerprint density at radius 1 is 0.909 bits per heavy atom. The van der Waals surface area contributed by atoms with Gasteiger partial charge >= 0.3 is 0 Å². The van der Waals surface area contributed by atoms with E-state index in [1.165, 1.54) is 10.4 Å². The highest BCUT2D eigenvalue weighted by atomic mass is 28.3. The fourth-order valence-electron chi connectivity index (χ4n) is 2.55. The van der Waals surface area contributed by atoms with Gasteiger partial charge in [0.1, 0.15) is 0 Å². The fourth-order valence-corrected chi connectivity index (χ4v) is 6.29. The van der Waals surface area contributed by atoms with E-state index >= 15 is 0 Å². The van der Waals surface area contributed by atoms with E-state index in [9.17, 15) is 0 Å². The van der Waals surface area contributed by atoms with Crippen molar-refractivity contribution >= 4 is 18.4 Å². The van der Waals surface area contributed by atoms with Crippen LogP contribution in [0.5, 0.6) is 0 Å². The molecule has 1 heteroatoms. The summed E-state index contributed by atoms with van der Waals surface area (Å²) in [7, 11) is -2.14. The van der Waals surface area contributed by atoms with Crippen molar-refractivity contribution in [3.8, 4) is 11.5 Å². The first-order valence-corrected chi connectivity index (χ1v) is 9.95. The van der Waals surface area contributed by atoms with E-state index in [2.05, 4.69) is 99.5 Å². The first kappa shape index (κ1) is 16.3. The molecule has 0 bridgehead atoms. The molecule has 0 unspecified atom stereocenters. The van der Waals surface area contributed by atoms with E-state index < -0.39 is 8.07 Å². The SMILES string of the molecule is C=CC[Si](C#CC(C)(C)C)(c1ccccc1)c1ccccc1. The molecule has 0 aliphatic carbocycles. The summed E-state index contributed by atoms with van der Waals surface area (Å²) in [5.41, 5.74) is 3.73. The average Bonchev–Trinajstić information content (AvgIpc) is 2.52. The molecule has 22 heavy (non-hydrogen) atoms. The van der Waals surface area contributed by atoms with Crippen LogP contribution in [0.25, 0.3) is 0 Å². The minimum Gasteiger partial charge on any atom is -0.119 e. The molecule has 0 saturated heterocycles. The molecule has 2 rings (SSSR count). The Bertz CT molecular complexity index is 627. The van der Waals surface area contributed by atoms with Crippen molar-refractivity contribution in [1.29, 1.82) is 0 Å². The van der Waals surface area contributed by atoms with E-state index in [-0.39, 0.29) is 5.41 Å². The Kier molecular flexibility index (Phi) is 5.06. The van der Waals surface area contributed by atoms with Gasteiger partial charge < -0.3 is 0 Å². The lowest BCUT2D eigenvalue weighted by Crippen LogP contribution is -2.57. The topological polar surface area (TPSA) is 0 Å². The van der Waals surface area contributed by atoms with Crippen molar-refractivity contribution in [2.45, 2.75) is 26.8 Å². The van der Waals surface area contributed by atoms with Crippen LogP contribution < -0.4 is 10.4 Å². The number of benzene rings is 2. The van der Waals surface area contributed by atoms with Crippen molar-refractivity contribution < 1.29 is 0 Å². The fraction of sp³-hybridized carbons (Fsp3) is 0.238. The van der Waals surface area contributed by atoms with Gasteiger partial charge in [-0.15, -0.1) is 18.0 Å². The van der Waals surface area contributed by atoms with Crippen LogP contribution in [0, 0.1) is 16.9 Å². The van der Waals surface area contributed by atoms with Crippen LogP contribution in [-0.4, -0.2) is 8.07 Å². The minimum absolute atomic E-state index is 0.00296. The monoisotopic (exact) mass is 304 g/mol. The summed E-state index contributed by atoms with van der Waals surface area (Å²) in [6.07, 6.45) is 2.03. The van der Waals surface area contributed by atoms with Gasteiger partial charge in [0.2, 0.25) is 8.07 Å². The molecule has 112 valence electrons. The van der Waals surface area contributed by atoms with Crippen molar-refractivity contribution in [3.05, 3.63) is 73.3 Å². The number of allylic oxidation sites excluding steroid dienone is 1. The normalized spacial score (nSPS) is 11.4. The molecule has 0 saturated carbocycles. The van der Waals surface area contributed by atoms with Crippen molar-refractivity contribution in [2.75, 3.05) is 0 Å². The van der Waals surface area contributed by atoms with Gasteiger partial charge in [0.05, 0.1) is 0 Å². The summed E-state index contributed by atoms with van der Waals surface area (Å²) < 4.78 is 0. The Balaban J connectivity index is 2.70. The van der Waals surface area contributed by atoms with Gasteiger partial charge in [0, 0.05) is 5.41 Å². The lowest BCUT2D eigenvalue weighted by Gasteiger charge is -2.27. The smallest absolute Gasteiger partial charge is 0.119 e. The molecule has 0 N–H and O–H groups in total. The number of hydrogen-bond acceptors (Lipinski definition) is 0. The number of hydrogen-bond donors (Lipinski definition) is 0. The predicted molar refractivity (Wildman–Crippen MR) is 100 cm³/mol. The Morgan fingerprint density at radius 3 is 1.73 bits per heavy atom. The van der Waals surface area contributed by atoms with E-state index in [0.717, 1.165) is 6.04 Å². The highest BCUT2D eigenvalue weighted by molar-refractivity contribution is 7.08. The maximum Gasteiger partial charge on any atom is 0.202 e. The molecule has 0 radical (unpaired) electrons. The third kappa shape index (κ3) is 3.78. The Labute approximate surface area is 135 Å². The predicted octanol–water partition coefficient (Wildman–Crippen LogP) is 4.02. The average molecular weight is 305 g/mol. The molecule has 0 heterocycles. The maximum atomic E-state index is 4.01. The second-order valence-corrected chi connectivity index (χ2v) is 10.3. The molecule has 0 aliphatic rings. The highest BCUT2D eigenvalue weighted by Gasteiger charge is 2.34. The lowest BCUT2D eigenvalue weighted by atomic mass is 9.99. The molecule has 0 aromatic heterocycles. The van der Waals surface area contributed by atoms with Crippen LogP contribution in [-0.2, 0) is 0 Å². The van der Waals surface area contributed by atoms with E-state index in [4.69, 9.17) is 0 Å². The second-order valence-electron chi connectivity index (χ2n) is 6.63. The van der Waals surface area contributed by atoms with Crippen molar-refractivity contribution in [1.82, 2.24) is 0 Å². The van der Waals surface area contributed by atoms with Gasteiger partial charge in [0.25, 0.3) is 0 Å². The van der Waals surface area contributed by atoms with Crippen LogP contribution in [0.1, 0.15) is 20.8 Å². The van der Waals surface area contributed by atoms with Gasteiger partial charge in [-0.05, 0) is 37.2 Å². The third-order valence-corrected chi connectivity index (χ3v) is 7.73. The van der Waals surface area contributed by atoms with Gasteiger partial charge in [0.15, 0.2) is 0 Å². The van der Waals surface area contributed by atoms with Gasteiger partial charge in [-0.3, -0.25) is 0 Å². The van der Waals surface area contributed by atoms with Crippen LogP contribution in [0.15, 0.2) is 73.3 Å².